The van der Waals surface area contributed by atoms with Crippen LogP contribution in [-0.2, 0) is 23.2 Å². The third-order valence-electron chi connectivity index (χ3n) is 7.96. The lowest BCUT2D eigenvalue weighted by Gasteiger charge is -2.21. The molecule has 1 N–H and O–H groups in total. The van der Waals surface area contributed by atoms with Crippen molar-refractivity contribution in [3.05, 3.63) is 89.7 Å². The Hall–Kier alpha value is -3.14. The van der Waals surface area contributed by atoms with Crippen molar-refractivity contribution in [2.24, 2.45) is 0 Å². The first-order valence-electron chi connectivity index (χ1n) is 16.4. The van der Waals surface area contributed by atoms with Crippen molar-refractivity contribution in [3.8, 4) is 5.75 Å². The Balaban J connectivity index is 1.49. The van der Waals surface area contributed by atoms with Crippen LogP contribution in [-0.4, -0.2) is 12.5 Å². The SMILES string of the molecule is CCCCCCCCCCCCCCOc1cc(C(C)(C)C)ccc1CC(=O)Nc1ccccc1C[n+]1ccccc1. The van der Waals surface area contributed by atoms with E-state index in [1.165, 1.54) is 76.2 Å². The van der Waals surface area contributed by atoms with Crippen molar-refractivity contribution in [1.82, 2.24) is 0 Å². The number of carbonyl (C=O) groups is 1. The van der Waals surface area contributed by atoms with E-state index in [0.717, 1.165) is 29.0 Å². The number of hydrogen-bond acceptors (Lipinski definition) is 2. The number of hydrogen-bond donors (Lipinski definition) is 1. The van der Waals surface area contributed by atoms with Gasteiger partial charge in [-0.3, -0.25) is 4.79 Å². The smallest absolute Gasteiger partial charge is 0.228 e. The van der Waals surface area contributed by atoms with E-state index in [1.807, 2.05) is 48.8 Å². The van der Waals surface area contributed by atoms with Gasteiger partial charge in [0.2, 0.25) is 5.91 Å². The van der Waals surface area contributed by atoms with Crippen LogP contribution in [0.15, 0.2) is 73.1 Å². The van der Waals surface area contributed by atoms with Crippen LogP contribution in [0.1, 0.15) is 121 Å². The highest BCUT2D eigenvalue weighted by Crippen LogP contribution is 2.30. The minimum absolute atomic E-state index is 0.0168. The zero-order valence-corrected chi connectivity index (χ0v) is 26.8. The number of nitrogens with zero attached hydrogens (tertiary/aromatic N) is 1. The number of ether oxygens (including phenoxy) is 1. The Morgan fingerprint density at radius 1 is 0.738 bits per heavy atom. The molecule has 1 amide bonds. The van der Waals surface area contributed by atoms with Gasteiger partial charge >= 0.3 is 0 Å². The van der Waals surface area contributed by atoms with Crippen LogP contribution in [0.5, 0.6) is 5.75 Å². The number of benzene rings is 2. The van der Waals surface area contributed by atoms with Crippen molar-refractivity contribution in [3.63, 3.8) is 0 Å². The van der Waals surface area contributed by atoms with Gasteiger partial charge in [-0.05, 0) is 29.5 Å². The van der Waals surface area contributed by atoms with Gasteiger partial charge in [-0.1, -0.05) is 135 Å². The lowest BCUT2D eigenvalue weighted by molar-refractivity contribution is -0.688. The molecule has 228 valence electrons. The van der Waals surface area contributed by atoms with Gasteiger partial charge in [0.1, 0.15) is 5.75 Å². The number of rotatable bonds is 19. The number of pyridine rings is 1. The van der Waals surface area contributed by atoms with Gasteiger partial charge in [-0.15, -0.1) is 0 Å². The lowest BCUT2D eigenvalue weighted by atomic mass is 9.86. The van der Waals surface area contributed by atoms with Gasteiger partial charge in [0.15, 0.2) is 18.9 Å². The van der Waals surface area contributed by atoms with E-state index in [9.17, 15) is 4.79 Å². The molecule has 4 heteroatoms. The topological polar surface area (TPSA) is 42.2 Å². The van der Waals surface area contributed by atoms with E-state index in [2.05, 4.69) is 61.8 Å². The summed E-state index contributed by atoms with van der Waals surface area (Å²) in [7, 11) is 0. The van der Waals surface area contributed by atoms with Crippen LogP contribution in [0.3, 0.4) is 0 Å². The fraction of sp³-hybridized carbons (Fsp3) is 0.526. The molecule has 2 aromatic carbocycles. The number of aromatic nitrogens is 1. The molecule has 0 aliphatic heterocycles. The molecule has 42 heavy (non-hydrogen) atoms. The highest BCUT2D eigenvalue weighted by molar-refractivity contribution is 5.93. The van der Waals surface area contributed by atoms with Crippen LogP contribution in [0.25, 0.3) is 0 Å². The van der Waals surface area contributed by atoms with Gasteiger partial charge in [0.05, 0.1) is 18.7 Å². The van der Waals surface area contributed by atoms with Gasteiger partial charge in [-0.25, -0.2) is 4.57 Å². The first-order chi connectivity index (χ1) is 20.4. The number of nitrogens with one attached hydrogen (secondary N) is 1. The van der Waals surface area contributed by atoms with E-state index in [4.69, 9.17) is 4.74 Å². The second-order valence-corrected chi connectivity index (χ2v) is 12.7. The van der Waals surface area contributed by atoms with Gasteiger partial charge in [-0.2, -0.15) is 0 Å². The van der Waals surface area contributed by atoms with Crippen LogP contribution in [0.2, 0.25) is 0 Å². The van der Waals surface area contributed by atoms with Gasteiger partial charge in [0.25, 0.3) is 0 Å². The number of carbonyl (C=O) groups excluding carboxylic acids is 1. The number of amides is 1. The van der Waals surface area contributed by atoms with Crippen molar-refractivity contribution in [2.45, 2.75) is 123 Å². The molecule has 1 heterocycles. The molecular formula is C38H55N2O2+. The maximum absolute atomic E-state index is 13.2. The highest BCUT2D eigenvalue weighted by Gasteiger charge is 2.18. The molecule has 1 aromatic heterocycles. The zero-order chi connectivity index (χ0) is 30.0. The van der Waals surface area contributed by atoms with Crippen molar-refractivity contribution >= 4 is 11.6 Å². The zero-order valence-electron chi connectivity index (χ0n) is 26.8. The lowest BCUT2D eigenvalue weighted by Crippen LogP contribution is -2.33. The first-order valence-corrected chi connectivity index (χ1v) is 16.4. The van der Waals surface area contributed by atoms with E-state index in [1.54, 1.807) is 0 Å². The molecule has 3 aromatic rings. The van der Waals surface area contributed by atoms with Crippen molar-refractivity contribution < 1.29 is 14.1 Å². The Kier molecular flexibility index (Phi) is 14.6. The molecule has 0 atom stereocenters. The molecular weight excluding hydrogens is 516 g/mol. The predicted molar refractivity (Wildman–Crippen MR) is 176 cm³/mol. The number of anilines is 1. The van der Waals surface area contributed by atoms with Crippen LogP contribution in [0.4, 0.5) is 5.69 Å². The minimum atomic E-state index is -0.0285. The van der Waals surface area contributed by atoms with E-state index in [-0.39, 0.29) is 17.7 Å². The van der Waals surface area contributed by atoms with Crippen molar-refractivity contribution in [1.29, 1.82) is 0 Å². The second kappa shape index (κ2) is 18.4. The number of unbranched alkanes of at least 4 members (excludes halogenated alkanes) is 11. The van der Waals surface area contributed by atoms with Crippen LogP contribution >= 0.6 is 0 Å². The maximum Gasteiger partial charge on any atom is 0.228 e. The molecule has 0 fully saturated rings. The Morgan fingerprint density at radius 3 is 2.00 bits per heavy atom. The molecule has 0 saturated heterocycles. The summed E-state index contributed by atoms with van der Waals surface area (Å²) in [4.78, 5) is 13.2. The summed E-state index contributed by atoms with van der Waals surface area (Å²) in [6.45, 7) is 10.3. The van der Waals surface area contributed by atoms with Crippen LogP contribution < -0.4 is 14.6 Å². The molecule has 4 nitrogen and oxygen atoms in total. The standard InChI is InChI=1S/C38H54N2O2/c1-5-6-7-8-9-10-11-12-13-14-15-21-28-42-36-30-34(38(2,3)4)25-24-32(36)29-37(41)39-35-23-18-17-22-33(35)31-40-26-19-16-20-27-40/h16-20,22-27,30H,5-15,21,28-29,31H2,1-4H3/p+1. The number of para-hydroxylation sites is 1. The average Bonchev–Trinajstić information content (AvgIpc) is 2.97. The summed E-state index contributed by atoms with van der Waals surface area (Å²) >= 11 is 0. The first kappa shape index (κ1) is 33.4. The Labute approximate surface area is 255 Å². The molecule has 3 rings (SSSR count). The molecule has 0 unspecified atom stereocenters. The van der Waals surface area contributed by atoms with E-state index >= 15 is 0 Å². The fourth-order valence-corrected chi connectivity index (χ4v) is 5.31. The van der Waals surface area contributed by atoms with Crippen molar-refractivity contribution in [2.75, 3.05) is 11.9 Å². The van der Waals surface area contributed by atoms with Gasteiger partial charge < -0.3 is 10.1 Å². The summed E-state index contributed by atoms with van der Waals surface area (Å²) in [5.41, 5.74) is 4.11. The molecule has 0 aliphatic carbocycles. The summed E-state index contributed by atoms with van der Waals surface area (Å²) in [6.07, 6.45) is 20.3. The highest BCUT2D eigenvalue weighted by atomic mass is 16.5. The monoisotopic (exact) mass is 571 g/mol. The predicted octanol–water partition coefficient (Wildman–Crippen LogP) is 9.58. The Bertz CT molecular complexity index is 1180. The third-order valence-corrected chi connectivity index (χ3v) is 7.96. The molecule has 0 radical (unpaired) electrons. The second-order valence-electron chi connectivity index (χ2n) is 12.7. The fourth-order valence-electron chi connectivity index (χ4n) is 5.31. The van der Waals surface area contributed by atoms with Crippen LogP contribution in [0, 0.1) is 0 Å². The minimum Gasteiger partial charge on any atom is -0.493 e. The average molecular weight is 572 g/mol. The van der Waals surface area contributed by atoms with Gasteiger partial charge in [0, 0.05) is 23.3 Å². The summed E-state index contributed by atoms with van der Waals surface area (Å²) in [5, 5.41) is 3.16. The normalized spacial score (nSPS) is 11.4. The maximum atomic E-state index is 13.2. The van der Waals surface area contributed by atoms with E-state index in [0.29, 0.717) is 13.2 Å². The molecule has 0 aliphatic rings. The molecule has 0 saturated carbocycles. The quantitative estimate of drug-likeness (QED) is 0.115. The Morgan fingerprint density at radius 2 is 1.36 bits per heavy atom. The molecule has 0 spiro atoms. The third kappa shape index (κ3) is 12.4. The molecule has 0 bridgehead atoms. The van der Waals surface area contributed by atoms with E-state index < -0.39 is 0 Å². The summed E-state index contributed by atoms with van der Waals surface area (Å²) in [6, 6.07) is 20.4. The largest absolute Gasteiger partial charge is 0.493 e. The summed E-state index contributed by atoms with van der Waals surface area (Å²) in [5.74, 6) is 0.813. The summed E-state index contributed by atoms with van der Waals surface area (Å²) < 4.78 is 8.44.